The van der Waals surface area contributed by atoms with Gasteiger partial charge in [-0.15, -0.1) is 0 Å². The highest BCUT2D eigenvalue weighted by Crippen LogP contribution is 2.34. The predicted molar refractivity (Wildman–Crippen MR) is 90.6 cm³/mol. The number of non-ortho nitro benzene ring substituents is 1. The fourth-order valence-electron chi connectivity index (χ4n) is 2.81. The van der Waals surface area contributed by atoms with Gasteiger partial charge < -0.3 is 0 Å². The molecule has 122 valence electrons. The van der Waals surface area contributed by atoms with E-state index in [0.717, 1.165) is 16.8 Å². The maximum atomic E-state index is 12.3. The molecular formula is C18H17N3O3. The van der Waals surface area contributed by atoms with Gasteiger partial charge in [0, 0.05) is 25.0 Å². The third-order valence-electron chi connectivity index (χ3n) is 4.04. The van der Waals surface area contributed by atoms with Crippen molar-refractivity contribution in [2.45, 2.75) is 25.8 Å². The number of rotatable bonds is 4. The molecule has 0 bridgehead atoms. The lowest BCUT2D eigenvalue weighted by atomic mass is 9.98. The summed E-state index contributed by atoms with van der Waals surface area (Å²) in [6.45, 7) is 1.78. The summed E-state index contributed by atoms with van der Waals surface area (Å²) >= 11 is 0. The molecule has 0 fully saturated rings. The molecular weight excluding hydrogens is 306 g/mol. The topological polar surface area (TPSA) is 75.8 Å². The molecule has 0 aliphatic carbocycles. The van der Waals surface area contributed by atoms with Crippen LogP contribution in [0.15, 0.2) is 59.7 Å². The molecule has 0 radical (unpaired) electrons. The van der Waals surface area contributed by atoms with E-state index in [1.807, 2.05) is 30.3 Å². The van der Waals surface area contributed by atoms with Gasteiger partial charge in [-0.3, -0.25) is 14.9 Å². The molecule has 1 aliphatic heterocycles. The molecule has 1 unspecified atom stereocenters. The van der Waals surface area contributed by atoms with Crippen LogP contribution in [0.4, 0.5) is 5.69 Å². The normalized spacial score (nSPS) is 16.8. The van der Waals surface area contributed by atoms with Crippen molar-refractivity contribution in [1.29, 1.82) is 0 Å². The molecule has 0 saturated heterocycles. The number of nitro groups is 1. The minimum absolute atomic E-state index is 0.0181. The Morgan fingerprint density at radius 3 is 2.67 bits per heavy atom. The highest BCUT2D eigenvalue weighted by atomic mass is 16.6. The van der Waals surface area contributed by atoms with E-state index in [2.05, 4.69) is 5.10 Å². The molecule has 2 aromatic carbocycles. The van der Waals surface area contributed by atoms with Crippen LogP contribution in [0.1, 0.15) is 36.9 Å². The summed E-state index contributed by atoms with van der Waals surface area (Å²) in [6.07, 6.45) is 0.869. The van der Waals surface area contributed by atoms with E-state index in [0.29, 0.717) is 12.8 Å². The van der Waals surface area contributed by atoms with Gasteiger partial charge in [0.05, 0.1) is 16.7 Å². The van der Waals surface area contributed by atoms with Crippen LogP contribution in [0, 0.1) is 10.1 Å². The summed E-state index contributed by atoms with van der Waals surface area (Å²) in [5.41, 5.74) is 2.51. The van der Waals surface area contributed by atoms with Crippen LogP contribution in [-0.4, -0.2) is 21.6 Å². The SMILES string of the molecule is CCC(=O)N1N=C(c2ccccc2)CC1c1cccc([N+](=O)[O-])c1. The standard InChI is InChI=1S/C18H17N3O3/c1-2-18(22)20-17(14-9-6-10-15(11-14)21(23)24)12-16(19-20)13-7-4-3-5-8-13/h3-11,17H,2,12H2,1H3. The Balaban J connectivity index is 1.97. The van der Waals surface area contributed by atoms with Crippen LogP contribution in [-0.2, 0) is 4.79 Å². The number of amides is 1. The highest BCUT2D eigenvalue weighted by molar-refractivity contribution is 6.03. The molecule has 1 atom stereocenters. The van der Waals surface area contributed by atoms with E-state index in [9.17, 15) is 14.9 Å². The van der Waals surface area contributed by atoms with E-state index < -0.39 is 4.92 Å². The molecule has 1 aliphatic rings. The molecule has 1 amide bonds. The summed E-state index contributed by atoms with van der Waals surface area (Å²) < 4.78 is 0. The van der Waals surface area contributed by atoms with Gasteiger partial charge in [-0.05, 0) is 11.1 Å². The average Bonchev–Trinajstić information content (AvgIpc) is 3.07. The van der Waals surface area contributed by atoms with Crippen LogP contribution in [0.25, 0.3) is 0 Å². The molecule has 0 spiro atoms. The third-order valence-corrected chi connectivity index (χ3v) is 4.04. The van der Waals surface area contributed by atoms with Gasteiger partial charge in [-0.25, -0.2) is 5.01 Å². The molecule has 6 nitrogen and oxygen atoms in total. The average molecular weight is 323 g/mol. The van der Waals surface area contributed by atoms with Crippen molar-refractivity contribution in [3.8, 4) is 0 Å². The molecule has 1 heterocycles. The molecule has 0 aromatic heterocycles. The second kappa shape index (κ2) is 6.62. The van der Waals surface area contributed by atoms with Crippen LogP contribution in [0.3, 0.4) is 0 Å². The van der Waals surface area contributed by atoms with Crippen molar-refractivity contribution < 1.29 is 9.72 Å². The minimum Gasteiger partial charge on any atom is -0.273 e. The molecule has 3 rings (SSSR count). The number of carbonyl (C=O) groups excluding carboxylic acids is 1. The second-order valence-electron chi connectivity index (χ2n) is 5.58. The first kappa shape index (κ1) is 15.9. The third kappa shape index (κ3) is 3.03. The maximum Gasteiger partial charge on any atom is 0.269 e. The summed E-state index contributed by atoms with van der Waals surface area (Å²) in [5.74, 6) is -0.0996. The second-order valence-corrected chi connectivity index (χ2v) is 5.58. The first-order valence-corrected chi connectivity index (χ1v) is 7.79. The Morgan fingerprint density at radius 1 is 1.25 bits per heavy atom. The molecule has 2 aromatic rings. The van der Waals surface area contributed by atoms with Crippen LogP contribution < -0.4 is 0 Å². The van der Waals surface area contributed by atoms with Gasteiger partial charge in [0.1, 0.15) is 0 Å². The van der Waals surface area contributed by atoms with Gasteiger partial charge in [0.15, 0.2) is 0 Å². The summed E-state index contributed by atoms with van der Waals surface area (Å²) in [5, 5.41) is 17.0. The van der Waals surface area contributed by atoms with Crippen molar-refractivity contribution in [2.75, 3.05) is 0 Å². The fraction of sp³-hybridized carbons (Fsp3) is 0.222. The molecule has 0 saturated carbocycles. The Bertz CT molecular complexity index is 802. The largest absolute Gasteiger partial charge is 0.273 e. The van der Waals surface area contributed by atoms with Gasteiger partial charge in [0.2, 0.25) is 5.91 Å². The van der Waals surface area contributed by atoms with E-state index >= 15 is 0 Å². The quantitative estimate of drug-likeness (QED) is 0.636. The van der Waals surface area contributed by atoms with E-state index in [4.69, 9.17) is 0 Å². The zero-order valence-corrected chi connectivity index (χ0v) is 13.3. The van der Waals surface area contributed by atoms with E-state index in [1.54, 1.807) is 19.1 Å². The summed E-state index contributed by atoms with van der Waals surface area (Å²) in [6, 6.07) is 15.8. The van der Waals surface area contributed by atoms with Gasteiger partial charge >= 0.3 is 0 Å². The Kier molecular flexibility index (Phi) is 4.37. The lowest BCUT2D eigenvalue weighted by Crippen LogP contribution is -2.26. The van der Waals surface area contributed by atoms with Crippen molar-refractivity contribution in [3.05, 3.63) is 75.8 Å². The Hall–Kier alpha value is -3.02. The highest BCUT2D eigenvalue weighted by Gasteiger charge is 2.32. The first-order valence-electron chi connectivity index (χ1n) is 7.79. The Labute approximate surface area is 139 Å². The number of nitrogens with zero attached hydrogens (tertiary/aromatic N) is 3. The van der Waals surface area contributed by atoms with Crippen molar-refractivity contribution >= 4 is 17.3 Å². The van der Waals surface area contributed by atoms with E-state index in [1.165, 1.54) is 17.1 Å². The minimum atomic E-state index is -0.427. The van der Waals surface area contributed by atoms with Crippen LogP contribution in [0.5, 0.6) is 0 Å². The summed E-state index contributed by atoms with van der Waals surface area (Å²) in [7, 11) is 0. The van der Waals surface area contributed by atoms with Crippen LogP contribution >= 0.6 is 0 Å². The lowest BCUT2D eigenvalue weighted by Gasteiger charge is -2.21. The summed E-state index contributed by atoms with van der Waals surface area (Å²) in [4.78, 5) is 22.9. The molecule has 0 N–H and O–H groups in total. The lowest BCUT2D eigenvalue weighted by molar-refractivity contribution is -0.384. The molecule has 6 heteroatoms. The number of nitro benzene ring substituents is 1. The van der Waals surface area contributed by atoms with Crippen molar-refractivity contribution in [2.24, 2.45) is 5.10 Å². The maximum absolute atomic E-state index is 12.3. The molecule has 24 heavy (non-hydrogen) atoms. The van der Waals surface area contributed by atoms with Crippen molar-refractivity contribution in [3.63, 3.8) is 0 Å². The number of hydrogen-bond donors (Lipinski definition) is 0. The monoisotopic (exact) mass is 323 g/mol. The Morgan fingerprint density at radius 2 is 2.00 bits per heavy atom. The smallest absolute Gasteiger partial charge is 0.269 e. The fourth-order valence-corrected chi connectivity index (χ4v) is 2.81. The van der Waals surface area contributed by atoms with E-state index in [-0.39, 0.29) is 17.6 Å². The predicted octanol–water partition coefficient (Wildman–Crippen LogP) is 3.68. The van der Waals surface area contributed by atoms with Gasteiger partial charge in [-0.1, -0.05) is 49.4 Å². The van der Waals surface area contributed by atoms with Crippen LogP contribution in [0.2, 0.25) is 0 Å². The van der Waals surface area contributed by atoms with Gasteiger partial charge in [-0.2, -0.15) is 5.10 Å². The zero-order valence-electron chi connectivity index (χ0n) is 13.3. The van der Waals surface area contributed by atoms with Gasteiger partial charge in [0.25, 0.3) is 5.69 Å². The zero-order chi connectivity index (χ0) is 17.1. The first-order chi connectivity index (χ1) is 11.6. The van der Waals surface area contributed by atoms with Crippen molar-refractivity contribution in [1.82, 2.24) is 5.01 Å². The number of carbonyl (C=O) groups is 1. The number of hydrazone groups is 1. The number of benzene rings is 2. The number of hydrogen-bond acceptors (Lipinski definition) is 4.